The molecule has 0 bridgehead atoms. The van der Waals surface area contributed by atoms with Gasteiger partial charge in [0.15, 0.2) is 6.54 Å². The smallest absolute Gasteiger partial charge is 0.336 e. The minimum atomic E-state index is -0.424. The lowest BCUT2D eigenvalue weighted by Crippen LogP contribution is -3.08. The molecule has 5 nitrogen and oxygen atoms in total. The van der Waals surface area contributed by atoms with Crippen molar-refractivity contribution < 1.29 is 14.1 Å². The molecule has 0 aliphatic heterocycles. The highest BCUT2D eigenvalue weighted by Crippen LogP contribution is 2.25. The number of quaternary nitrogens is 1. The zero-order chi connectivity index (χ0) is 19.6. The van der Waals surface area contributed by atoms with E-state index in [1.807, 2.05) is 14.0 Å². The summed E-state index contributed by atoms with van der Waals surface area (Å²) >= 11 is 12.3. The van der Waals surface area contributed by atoms with E-state index in [0.717, 1.165) is 21.4 Å². The van der Waals surface area contributed by atoms with Gasteiger partial charge in [-0.1, -0.05) is 35.3 Å². The quantitative estimate of drug-likeness (QED) is 0.641. The van der Waals surface area contributed by atoms with Crippen molar-refractivity contribution in [1.29, 1.82) is 0 Å². The largest absolute Gasteiger partial charge is 0.423 e. The van der Waals surface area contributed by atoms with Gasteiger partial charge >= 0.3 is 5.63 Å². The van der Waals surface area contributed by atoms with Crippen LogP contribution in [-0.4, -0.2) is 19.5 Å². The number of hydrogen-bond donors (Lipinski definition) is 2. The summed E-state index contributed by atoms with van der Waals surface area (Å²) in [6, 6.07) is 12.1. The number of fused-ring (bicyclic) bond motifs is 1. The van der Waals surface area contributed by atoms with Gasteiger partial charge in [0.2, 0.25) is 0 Å². The van der Waals surface area contributed by atoms with Gasteiger partial charge in [-0.3, -0.25) is 4.79 Å². The number of rotatable bonds is 5. The third-order valence-corrected chi connectivity index (χ3v) is 4.95. The Morgan fingerprint density at radius 2 is 1.89 bits per heavy atom. The van der Waals surface area contributed by atoms with Crippen LogP contribution in [-0.2, 0) is 11.3 Å². The van der Waals surface area contributed by atoms with E-state index in [2.05, 4.69) is 5.32 Å². The number of halogens is 2. The molecule has 1 heterocycles. The average molecular weight is 406 g/mol. The van der Waals surface area contributed by atoms with Gasteiger partial charge in [-0.15, -0.1) is 0 Å². The monoisotopic (exact) mass is 405 g/mol. The third kappa shape index (κ3) is 4.69. The second-order valence-corrected chi connectivity index (χ2v) is 7.34. The van der Waals surface area contributed by atoms with Gasteiger partial charge in [-0.2, -0.15) is 0 Å². The van der Waals surface area contributed by atoms with Gasteiger partial charge in [0.25, 0.3) is 5.91 Å². The number of carbonyl (C=O) groups is 1. The molecular formula is C20H19Cl2N2O3+. The predicted molar refractivity (Wildman–Crippen MR) is 108 cm³/mol. The highest BCUT2D eigenvalue weighted by molar-refractivity contribution is 6.33. The fourth-order valence-corrected chi connectivity index (χ4v) is 3.26. The Hall–Kier alpha value is -2.34. The van der Waals surface area contributed by atoms with Crippen LogP contribution in [0, 0.1) is 6.92 Å². The summed E-state index contributed by atoms with van der Waals surface area (Å²) in [5.41, 5.74) is 2.26. The Kier molecular flexibility index (Phi) is 5.85. The van der Waals surface area contributed by atoms with Gasteiger partial charge in [0.1, 0.15) is 12.1 Å². The van der Waals surface area contributed by atoms with Crippen LogP contribution in [0.25, 0.3) is 11.0 Å². The number of aryl methyl sites for hydroxylation is 1. The number of hydrogen-bond acceptors (Lipinski definition) is 3. The van der Waals surface area contributed by atoms with Crippen molar-refractivity contribution in [2.24, 2.45) is 0 Å². The van der Waals surface area contributed by atoms with Gasteiger partial charge in [-0.25, -0.2) is 4.79 Å². The molecular weight excluding hydrogens is 387 g/mol. The molecule has 27 heavy (non-hydrogen) atoms. The van der Waals surface area contributed by atoms with Crippen LogP contribution in [0.3, 0.4) is 0 Å². The van der Waals surface area contributed by atoms with Gasteiger partial charge < -0.3 is 14.6 Å². The molecule has 0 fully saturated rings. The molecule has 1 unspecified atom stereocenters. The fraction of sp³-hybridized carbons (Fsp3) is 0.200. The molecule has 1 aromatic heterocycles. The van der Waals surface area contributed by atoms with E-state index in [1.165, 1.54) is 6.07 Å². The van der Waals surface area contributed by atoms with Crippen molar-refractivity contribution in [3.05, 3.63) is 74.1 Å². The van der Waals surface area contributed by atoms with Crippen molar-refractivity contribution >= 4 is 45.8 Å². The zero-order valence-electron chi connectivity index (χ0n) is 14.9. The van der Waals surface area contributed by atoms with Crippen molar-refractivity contribution in [2.75, 3.05) is 18.9 Å². The molecule has 1 amide bonds. The first-order chi connectivity index (χ1) is 12.8. The first-order valence-electron chi connectivity index (χ1n) is 8.42. The average Bonchev–Trinajstić information content (AvgIpc) is 2.58. The first-order valence-corrected chi connectivity index (χ1v) is 9.17. The van der Waals surface area contributed by atoms with E-state index < -0.39 is 5.63 Å². The highest BCUT2D eigenvalue weighted by atomic mass is 35.5. The fourth-order valence-electron chi connectivity index (χ4n) is 2.91. The zero-order valence-corrected chi connectivity index (χ0v) is 16.4. The molecule has 2 N–H and O–H groups in total. The van der Waals surface area contributed by atoms with Crippen LogP contribution < -0.4 is 15.8 Å². The first kappa shape index (κ1) is 19.4. The van der Waals surface area contributed by atoms with Crippen LogP contribution in [0.15, 0.2) is 51.7 Å². The lowest BCUT2D eigenvalue weighted by molar-refractivity contribution is -0.885. The van der Waals surface area contributed by atoms with Crippen LogP contribution in [0.5, 0.6) is 0 Å². The number of amides is 1. The molecule has 3 rings (SSSR count). The molecule has 0 spiro atoms. The molecule has 0 aliphatic carbocycles. The molecule has 0 saturated carbocycles. The summed E-state index contributed by atoms with van der Waals surface area (Å²) in [5, 5.41) is 4.66. The topological polar surface area (TPSA) is 63.8 Å². The van der Waals surface area contributed by atoms with Crippen LogP contribution in [0.4, 0.5) is 5.69 Å². The van der Waals surface area contributed by atoms with Crippen molar-refractivity contribution in [1.82, 2.24) is 0 Å². The maximum absolute atomic E-state index is 12.3. The second kappa shape index (κ2) is 8.13. The summed E-state index contributed by atoms with van der Waals surface area (Å²) in [4.78, 5) is 25.1. The van der Waals surface area contributed by atoms with E-state index in [0.29, 0.717) is 27.9 Å². The van der Waals surface area contributed by atoms with Crippen molar-refractivity contribution in [3.63, 3.8) is 0 Å². The maximum Gasteiger partial charge on any atom is 0.336 e. The second-order valence-electron chi connectivity index (χ2n) is 6.53. The molecule has 7 heteroatoms. The molecule has 1 atom stereocenters. The summed E-state index contributed by atoms with van der Waals surface area (Å²) < 4.78 is 5.28. The Labute approximate surface area is 166 Å². The minimum Gasteiger partial charge on any atom is -0.423 e. The Balaban J connectivity index is 1.77. The Bertz CT molecular complexity index is 1060. The number of likely N-dealkylation sites (N-methyl/N-ethyl adjacent to an activating group) is 1. The minimum absolute atomic E-state index is 0.165. The third-order valence-electron chi connectivity index (χ3n) is 4.21. The molecule has 0 aliphatic rings. The number of benzene rings is 2. The van der Waals surface area contributed by atoms with Crippen LogP contribution in [0.1, 0.15) is 11.1 Å². The van der Waals surface area contributed by atoms with Gasteiger partial charge in [0.05, 0.1) is 17.8 Å². The van der Waals surface area contributed by atoms with Gasteiger partial charge in [0, 0.05) is 22.0 Å². The van der Waals surface area contributed by atoms with Crippen molar-refractivity contribution in [3.8, 4) is 0 Å². The number of nitrogens with one attached hydrogen (secondary N) is 2. The number of para-hydroxylation sites is 1. The molecule has 0 radical (unpaired) electrons. The SMILES string of the molecule is Cc1cc2oc(=O)cc(C[NH+](C)CC(=O)Nc3ccccc3Cl)c2cc1Cl. The standard InChI is InChI=1S/C20H18Cl2N2O3/c1-12-7-18-14(9-16(12)22)13(8-20(26)27-18)10-24(2)11-19(25)23-17-6-4-3-5-15(17)21/h3-9H,10-11H2,1-2H3,(H,23,25)/p+1. The molecule has 2 aromatic carbocycles. The van der Waals surface area contributed by atoms with E-state index >= 15 is 0 Å². The maximum atomic E-state index is 12.3. The number of anilines is 1. The molecule has 0 saturated heterocycles. The number of carbonyl (C=O) groups excluding carboxylic acids is 1. The molecule has 3 aromatic rings. The summed E-state index contributed by atoms with van der Waals surface area (Å²) in [6.45, 7) is 2.54. The Morgan fingerprint density at radius 3 is 2.63 bits per heavy atom. The van der Waals surface area contributed by atoms with Crippen LogP contribution in [0.2, 0.25) is 10.0 Å². The van der Waals surface area contributed by atoms with E-state index in [1.54, 1.807) is 36.4 Å². The highest BCUT2D eigenvalue weighted by Gasteiger charge is 2.15. The summed E-state index contributed by atoms with van der Waals surface area (Å²) in [5.74, 6) is -0.165. The lowest BCUT2D eigenvalue weighted by Gasteiger charge is -2.15. The van der Waals surface area contributed by atoms with E-state index in [-0.39, 0.29) is 12.5 Å². The molecule has 140 valence electrons. The predicted octanol–water partition coefficient (Wildman–Crippen LogP) is 3.06. The lowest BCUT2D eigenvalue weighted by atomic mass is 10.1. The van der Waals surface area contributed by atoms with E-state index in [4.69, 9.17) is 27.6 Å². The van der Waals surface area contributed by atoms with Crippen molar-refractivity contribution in [2.45, 2.75) is 13.5 Å². The van der Waals surface area contributed by atoms with Gasteiger partial charge in [-0.05, 0) is 36.8 Å². The van der Waals surface area contributed by atoms with E-state index in [9.17, 15) is 9.59 Å². The summed E-state index contributed by atoms with van der Waals surface area (Å²) in [6.07, 6.45) is 0. The normalized spacial score (nSPS) is 12.1. The van der Waals surface area contributed by atoms with Crippen LogP contribution >= 0.6 is 23.2 Å². The Morgan fingerprint density at radius 1 is 1.15 bits per heavy atom. The summed E-state index contributed by atoms with van der Waals surface area (Å²) in [7, 11) is 1.88.